The van der Waals surface area contributed by atoms with Gasteiger partial charge in [-0.15, -0.1) is 0 Å². The number of hydrogen-bond donors (Lipinski definition) is 2. The minimum atomic E-state index is 0. The van der Waals surface area contributed by atoms with E-state index in [2.05, 4.69) is 28.3 Å². The molecule has 2 N–H and O–H groups in total. The SMILES string of the molecule is CC=[NH+]CCc1c[nH]c2ccc(OC)cc12.[Cl-]. The van der Waals surface area contributed by atoms with Crippen LogP contribution in [0.5, 0.6) is 5.75 Å². The Hall–Kier alpha value is -1.48. The molecule has 0 fully saturated rings. The first-order valence-electron chi connectivity index (χ1n) is 5.50. The highest BCUT2D eigenvalue weighted by Crippen LogP contribution is 2.23. The third kappa shape index (κ3) is 3.01. The van der Waals surface area contributed by atoms with Gasteiger partial charge in [0, 0.05) is 30.4 Å². The molecule has 0 spiro atoms. The van der Waals surface area contributed by atoms with Gasteiger partial charge in [-0.3, -0.25) is 4.99 Å². The zero-order chi connectivity index (χ0) is 11.4. The Balaban J connectivity index is 0.00000144. The zero-order valence-electron chi connectivity index (χ0n) is 10.1. The Morgan fingerprint density at radius 2 is 2.24 bits per heavy atom. The van der Waals surface area contributed by atoms with E-state index in [0.29, 0.717) is 0 Å². The highest BCUT2D eigenvalue weighted by molar-refractivity contribution is 5.84. The summed E-state index contributed by atoms with van der Waals surface area (Å²) < 4.78 is 5.24. The summed E-state index contributed by atoms with van der Waals surface area (Å²) in [6, 6.07) is 6.11. The van der Waals surface area contributed by atoms with Gasteiger partial charge in [-0.1, -0.05) is 0 Å². The van der Waals surface area contributed by atoms with Crippen LogP contribution in [-0.4, -0.2) is 24.9 Å². The van der Waals surface area contributed by atoms with Gasteiger partial charge in [0.2, 0.25) is 0 Å². The van der Waals surface area contributed by atoms with E-state index in [1.165, 1.54) is 10.9 Å². The molecule has 0 saturated heterocycles. The molecule has 2 aromatic rings. The van der Waals surface area contributed by atoms with Crippen LogP contribution in [0.4, 0.5) is 0 Å². The number of fused-ring (bicyclic) bond motifs is 1. The highest BCUT2D eigenvalue weighted by Gasteiger charge is 2.05. The molecule has 92 valence electrons. The molecule has 0 atom stereocenters. The summed E-state index contributed by atoms with van der Waals surface area (Å²) in [5, 5.41) is 1.25. The molecule has 4 heteroatoms. The van der Waals surface area contributed by atoms with Crippen LogP contribution in [0.3, 0.4) is 0 Å². The summed E-state index contributed by atoms with van der Waals surface area (Å²) in [6.07, 6.45) is 5.05. The van der Waals surface area contributed by atoms with Crippen LogP contribution in [0.1, 0.15) is 12.5 Å². The van der Waals surface area contributed by atoms with Crippen LogP contribution in [0.2, 0.25) is 0 Å². The van der Waals surface area contributed by atoms with Gasteiger partial charge < -0.3 is 22.1 Å². The first-order chi connectivity index (χ1) is 7.85. The van der Waals surface area contributed by atoms with Crippen molar-refractivity contribution in [3.05, 3.63) is 30.0 Å². The van der Waals surface area contributed by atoms with Crippen molar-refractivity contribution in [1.82, 2.24) is 4.98 Å². The Labute approximate surface area is 107 Å². The molecule has 0 amide bonds. The van der Waals surface area contributed by atoms with Crippen LogP contribution < -0.4 is 22.1 Å². The number of nitrogens with one attached hydrogen (secondary N) is 2. The molecular formula is C13H17ClN2O. The molecule has 1 heterocycles. The summed E-state index contributed by atoms with van der Waals surface area (Å²) in [5.41, 5.74) is 2.49. The Bertz CT molecular complexity index is 505. The smallest absolute Gasteiger partial charge is 0.144 e. The van der Waals surface area contributed by atoms with Crippen LogP contribution in [-0.2, 0) is 6.42 Å². The molecular weight excluding hydrogens is 236 g/mol. The largest absolute Gasteiger partial charge is 1.00 e. The first-order valence-corrected chi connectivity index (χ1v) is 5.50. The highest BCUT2D eigenvalue weighted by atomic mass is 35.5. The monoisotopic (exact) mass is 252 g/mol. The molecule has 1 aromatic heterocycles. The molecule has 2 rings (SSSR count). The number of ether oxygens (including phenoxy) is 1. The second kappa shape index (κ2) is 6.30. The fraction of sp³-hybridized carbons (Fsp3) is 0.308. The lowest BCUT2D eigenvalue weighted by Gasteiger charge is -2.00. The summed E-state index contributed by atoms with van der Waals surface area (Å²) in [6.45, 7) is 2.96. The maximum atomic E-state index is 5.24. The number of aromatic amines is 1. The van der Waals surface area contributed by atoms with Gasteiger partial charge in [0.25, 0.3) is 0 Å². The number of hydrogen-bond acceptors (Lipinski definition) is 1. The van der Waals surface area contributed by atoms with E-state index in [0.717, 1.165) is 24.2 Å². The standard InChI is InChI=1S/C13H16N2O.ClH/c1-3-14-7-6-10-9-15-13-5-4-11(16-2)8-12(10)13;/h3-5,8-9,15H,6-7H2,1-2H3;1H. The predicted octanol–water partition coefficient (Wildman–Crippen LogP) is -2.11. The van der Waals surface area contributed by atoms with Crippen molar-refractivity contribution >= 4 is 17.1 Å². The van der Waals surface area contributed by atoms with Crippen molar-refractivity contribution in [1.29, 1.82) is 0 Å². The Morgan fingerprint density at radius 3 is 2.94 bits per heavy atom. The molecule has 0 radical (unpaired) electrons. The number of benzene rings is 1. The van der Waals surface area contributed by atoms with Gasteiger partial charge in [0.15, 0.2) is 0 Å². The number of H-pyrrole nitrogens is 1. The molecule has 3 nitrogen and oxygen atoms in total. The minimum absolute atomic E-state index is 0. The fourth-order valence-electron chi connectivity index (χ4n) is 1.84. The lowest BCUT2D eigenvalue weighted by Crippen LogP contribution is -3.00. The van der Waals surface area contributed by atoms with Gasteiger partial charge in [-0.2, -0.15) is 0 Å². The van der Waals surface area contributed by atoms with Crippen molar-refractivity contribution in [2.24, 2.45) is 0 Å². The normalized spacial score (nSPS) is 10.7. The van der Waals surface area contributed by atoms with Gasteiger partial charge >= 0.3 is 0 Å². The van der Waals surface area contributed by atoms with Crippen molar-refractivity contribution in [3.8, 4) is 5.75 Å². The second-order valence-electron chi connectivity index (χ2n) is 3.72. The maximum Gasteiger partial charge on any atom is 0.144 e. The van der Waals surface area contributed by atoms with Crippen molar-refractivity contribution < 1.29 is 22.1 Å². The molecule has 0 aliphatic rings. The molecule has 0 aliphatic heterocycles. The van der Waals surface area contributed by atoms with Gasteiger partial charge in [0.1, 0.15) is 18.5 Å². The summed E-state index contributed by atoms with van der Waals surface area (Å²) in [7, 11) is 1.70. The van der Waals surface area contributed by atoms with Crippen LogP contribution in [0, 0.1) is 0 Å². The van der Waals surface area contributed by atoms with E-state index in [4.69, 9.17) is 4.74 Å². The number of halogens is 1. The van der Waals surface area contributed by atoms with E-state index < -0.39 is 0 Å². The van der Waals surface area contributed by atoms with Gasteiger partial charge in [0.05, 0.1) is 7.11 Å². The van der Waals surface area contributed by atoms with Crippen LogP contribution in [0.15, 0.2) is 24.4 Å². The van der Waals surface area contributed by atoms with Gasteiger partial charge in [-0.05, 0) is 23.8 Å². The van der Waals surface area contributed by atoms with Crippen LogP contribution in [0.25, 0.3) is 10.9 Å². The maximum absolute atomic E-state index is 5.24. The van der Waals surface area contributed by atoms with E-state index >= 15 is 0 Å². The number of aromatic nitrogens is 1. The van der Waals surface area contributed by atoms with Crippen molar-refractivity contribution in [2.45, 2.75) is 13.3 Å². The number of rotatable bonds is 4. The summed E-state index contributed by atoms with van der Waals surface area (Å²) in [4.78, 5) is 6.48. The lowest BCUT2D eigenvalue weighted by atomic mass is 10.1. The summed E-state index contributed by atoms with van der Waals surface area (Å²) >= 11 is 0. The fourth-order valence-corrected chi connectivity index (χ4v) is 1.84. The predicted molar refractivity (Wildman–Crippen MR) is 66.1 cm³/mol. The van der Waals surface area contributed by atoms with E-state index in [1.807, 2.05) is 19.2 Å². The third-order valence-corrected chi connectivity index (χ3v) is 2.72. The molecule has 1 aromatic carbocycles. The van der Waals surface area contributed by atoms with E-state index in [-0.39, 0.29) is 12.4 Å². The summed E-state index contributed by atoms with van der Waals surface area (Å²) in [5.74, 6) is 0.906. The molecule has 17 heavy (non-hydrogen) atoms. The molecule has 0 aliphatic carbocycles. The average molecular weight is 253 g/mol. The second-order valence-corrected chi connectivity index (χ2v) is 3.72. The van der Waals surface area contributed by atoms with Gasteiger partial charge in [-0.25, -0.2) is 0 Å². The Kier molecular flexibility index (Phi) is 5.04. The zero-order valence-corrected chi connectivity index (χ0v) is 10.8. The number of methoxy groups -OCH3 is 1. The first kappa shape index (κ1) is 13.6. The van der Waals surface area contributed by atoms with Crippen molar-refractivity contribution in [2.75, 3.05) is 13.7 Å². The van der Waals surface area contributed by atoms with E-state index in [1.54, 1.807) is 7.11 Å². The average Bonchev–Trinajstić information content (AvgIpc) is 2.72. The lowest BCUT2D eigenvalue weighted by molar-refractivity contribution is -0.451. The van der Waals surface area contributed by atoms with E-state index in [9.17, 15) is 0 Å². The van der Waals surface area contributed by atoms with Crippen LogP contribution >= 0.6 is 0 Å². The molecule has 0 saturated carbocycles. The topological polar surface area (TPSA) is 39.0 Å². The van der Waals surface area contributed by atoms with Crippen molar-refractivity contribution in [3.63, 3.8) is 0 Å². The molecule has 0 bridgehead atoms. The quantitative estimate of drug-likeness (QED) is 0.601. The Morgan fingerprint density at radius 1 is 1.41 bits per heavy atom. The third-order valence-electron chi connectivity index (χ3n) is 2.72. The minimum Gasteiger partial charge on any atom is -1.00 e. The molecule has 0 unspecified atom stereocenters.